The van der Waals surface area contributed by atoms with Crippen LogP contribution >= 0.6 is 0 Å². The summed E-state index contributed by atoms with van der Waals surface area (Å²) in [6.07, 6.45) is 1.72. The van der Waals surface area contributed by atoms with Crippen molar-refractivity contribution >= 4 is 29.5 Å². The predicted molar refractivity (Wildman–Crippen MR) is 124 cm³/mol. The monoisotopic (exact) mass is 435 g/mol. The number of rotatable bonds is 3. The van der Waals surface area contributed by atoms with Crippen LogP contribution in [0.2, 0.25) is 0 Å². The molecule has 0 spiro atoms. The molecule has 0 unspecified atom stereocenters. The van der Waals surface area contributed by atoms with E-state index in [0.717, 1.165) is 11.1 Å². The van der Waals surface area contributed by atoms with Crippen molar-refractivity contribution in [2.75, 3.05) is 4.90 Å². The van der Waals surface area contributed by atoms with Crippen LogP contribution in [-0.2, 0) is 9.59 Å². The molecular formula is C27H21N3O3. The Morgan fingerprint density at radius 2 is 1.48 bits per heavy atom. The lowest BCUT2D eigenvalue weighted by molar-refractivity contribution is -0.124. The smallest absolute Gasteiger partial charge is 0.240 e. The summed E-state index contributed by atoms with van der Waals surface area (Å²) in [5.74, 6) is -2.43. The normalized spacial score (nSPS) is 27.4. The van der Waals surface area contributed by atoms with Gasteiger partial charge in [0.25, 0.3) is 0 Å². The zero-order chi connectivity index (χ0) is 22.7. The van der Waals surface area contributed by atoms with E-state index >= 15 is 0 Å². The molecule has 0 aliphatic carbocycles. The van der Waals surface area contributed by atoms with Crippen LogP contribution in [0.5, 0.6) is 0 Å². The van der Waals surface area contributed by atoms with Crippen LogP contribution in [0.15, 0.2) is 90.0 Å². The molecule has 0 aromatic heterocycles. The third-order valence-corrected chi connectivity index (χ3v) is 7.18. The Labute approximate surface area is 191 Å². The summed E-state index contributed by atoms with van der Waals surface area (Å²) >= 11 is 0. The van der Waals surface area contributed by atoms with Crippen LogP contribution in [0.3, 0.4) is 0 Å². The van der Waals surface area contributed by atoms with Gasteiger partial charge in [0, 0.05) is 5.56 Å². The lowest BCUT2D eigenvalue weighted by Gasteiger charge is -2.40. The van der Waals surface area contributed by atoms with E-state index < -0.39 is 23.4 Å². The molecule has 4 atom stereocenters. The lowest BCUT2D eigenvalue weighted by atomic mass is 9.76. The number of hydrogen-bond donors (Lipinski definition) is 0. The summed E-state index contributed by atoms with van der Waals surface area (Å²) in [6.45, 7) is 1.75. The minimum atomic E-state index is -1.31. The van der Waals surface area contributed by atoms with Crippen LogP contribution in [0.1, 0.15) is 34.5 Å². The summed E-state index contributed by atoms with van der Waals surface area (Å²) < 4.78 is 0. The Bertz CT molecular complexity index is 1320. The molecular weight excluding hydrogens is 414 g/mol. The summed E-state index contributed by atoms with van der Waals surface area (Å²) in [5.41, 5.74) is 1.51. The van der Waals surface area contributed by atoms with Gasteiger partial charge in [0.05, 0.1) is 29.8 Å². The van der Waals surface area contributed by atoms with Crippen molar-refractivity contribution in [2.45, 2.75) is 18.5 Å². The van der Waals surface area contributed by atoms with Crippen molar-refractivity contribution in [3.8, 4) is 0 Å². The van der Waals surface area contributed by atoms with Crippen LogP contribution in [0.25, 0.3) is 0 Å². The summed E-state index contributed by atoms with van der Waals surface area (Å²) in [6, 6.07) is 25.1. The molecule has 3 aromatic rings. The molecule has 3 aromatic carbocycles. The zero-order valence-electron chi connectivity index (χ0n) is 18.0. The van der Waals surface area contributed by atoms with E-state index in [1.54, 1.807) is 66.7 Å². The third-order valence-electron chi connectivity index (χ3n) is 7.18. The van der Waals surface area contributed by atoms with Gasteiger partial charge in [-0.1, -0.05) is 72.8 Å². The molecule has 0 N–H and O–H groups in total. The molecule has 0 radical (unpaired) electrons. The highest BCUT2D eigenvalue weighted by molar-refractivity contribution is 6.25. The Hall–Kier alpha value is -4.06. The quantitative estimate of drug-likeness (QED) is 0.463. The number of para-hydroxylation sites is 1. The number of Topliss-reactive ketones (excluding diaryl/α,β-unsaturated/α-hetero) is 1. The van der Waals surface area contributed by atoms with E-state index in [1.807, 2.05) is 36.4 Å². The summed E-state index contributed by atoms with van der Waals surface area (Å²) in [4.78, 5) is 42.9. The van der Waals surface area contributed by atoms with E-state index in [0.29, 0.717) is 11.3 Å². The van der Waals surface area contributed by atoms with Crippen LogP contribution in [0, 0.1) is 11.8 Å². The number of benzene rings is 3. The lowest BCUT2D eigenvalue weighted by Crippen LogP contribution is -2.54. The maximum Gasteiger partial charge on any atom is 0.240 e. The number of hydrazone groups is 1. The van der Waals surface area contributed by atoms with E-state index in [-0.39, 0.29) is 17.6 Å². The van der Waals surface area contributed by atoms with Gasteiger partial charge >= 0.3 is 0 Å². The SMILES string of the molecule is C[C@]1(C(=O)c2ccccc2)[C@H]2C(=O)N(c3ccccc3)C(=O)[C@@H]2[C@H]2c3ccccc3C=NN21. The van der Waals surface area contributed by atoms with Crippen molar-refractivity contribution < 1.29 is 14.4 Å². The Kier molecular flexibility index (Phi) is 4.14. The minimum Gasteiger partial charge on any atom is -0.291 e. The topological polar surface area (TPSA) is 70.0 Å². The standard InChI is InChI=1S/C27H21N3O3/c1-27(24(31)17-10-4-2-5-11-17)22-21(23-20-15-9-8-12-18(20)16-28-30(23)27)25(32)29(26(22)33)19-13-6-3-7-14-19/h2-16,21-23H,1H3/t21-,22+,23+,27+/m0/s1. The highest BCUT2D eigenvalue weighted by Crippen LogP contribution is 2.57. The van der Waals surface area contributed by atoms with Crippen molar-refractivity contribution in [2.24, 2.45) is 16.9 Å². The number of hydrogen-bond acceptors (Lipinski definition) is 5. The van der Waals surface area contributed by atoms with Crippen molar-refractivity contribution in [3.63, 3.8) is 0 Å². The molecule has 162 valence electrons. The largest absolute Gasteiger partial charge is 0.291 e. The minimum absolute atomic E-state index is 0.215. The number of carbonyl (C=O) groups excluding carboxylic acids is 3. The molecule has 2 saturated heterocycles. The Morgan fingerprint density at radius 3 is 2.21 bits per heavy atom. The van der Waals surface area contributed by atoms with E-state index in [4.69, 9.17) is 0 Å². The van der Waals surface area contributed by atoms with E-state index in [9.17, 15) is 14.4 Å². The zero-order valence-corrected chi connectivity index (χ0v) is 18.0. The highest BCUT2D eigenvalue weighted by atomic mass is 16.2. The molecule has 3 heterocycles. The van der Waals surface area contributed by atoms with Gasteiger partial charge < -0.3 is 0 Å². The van der Waals surface area contributed by atoms with Crippen LogP contribution in [0.4, 0.5) is 5.69 Å². The van der Waals surface area contributed by atoms with E-state index in [2.05, 4.69) is 5.10 Å². The maximum absolute atomic E-state index is 14.0. The number of nitrogens with zero attached hydrogens (tertiary/aromatic N) is 3. The van der Waals surface area contributed by atoms with Crippen molar-refractivity contribution in [3.05, 3.63) is 102 Å². The molecule has 2 fully saturated rings. The second kappa shape index (κ2) is 6.97. The maximum atomic E-state index is 14.0. The second-order valence-corrected chi connectivity index (χ2v) is 8.86. The van der Waals surface area contributed by atoms with Gasteiger partial charge in [0.2, 0.25) is 11.8 Å². The average molecular weight is 435 g/mol. The van der Waals surface area contributed by atoms with Gasteiger partial charge in [-0.05, 0) is 30.2 Å². The molecule has 33 heavy (non-hydrogen) atoms. The Balaban J connectivity index is 1.56. The number of ketones is 1. The fourth-order valence-electron chi connectivity index (χ4n) is 5.68. The van der Waals surface area contributed by atoms with Crippen molar-refractivity contribution in [1.82, 2.24) is 5.01 Å². The first-order valence-electron chi connectivity index (χ1n) is 11.0. The number of anilines is 1. The van der Waals surface area contributed by atoms with Crippen LogP contribution in [-0.4, -0.2) is 34.4 Å². The third kappa shape index (κ3) is 2.55. The van der Waals surface area contributed by atoms with Crippen molar-refractivity contribution in [1.29, 1.82) is 0 Å². The molecule has 2 amide bonds. The van der Waals surface area contributed by atoms with Gasteiger partial charge in [-0.15, -0.1) is 0 Å². The van der Waals surface area contributed by atoms with Gasteiger partial charge in [-0.25, -0.2) is 4.90 Å². The van der Waals surface area contributed by atoms with Gasteiger partial charge in [-0.2, -0.15) is 5.10 Å². The van der Waals surface area contributed by atoms with E-state index in [1.165, 1.54) is 4.90 Å². The van der Waals surface area contributed by atoms with Gasteiger partial charge in [0.15, 0.2) is 5.78 Å². The number of fused-ring (bicyclic) bond motifs is 5. The summed E-state index contributed by atoms with van der Waals surface area (Å²) in [5, 5.41) is 6.35. The molecule has 0 bridgehead atoms. The Morgan fingerprint density at radius 1 is 0.848 bits per heavy atom. The van der Waals surface area contributed by atoms with Gasteiger partial charge in [0.1, 0.15) is 5.54 Å². The molecule has 6 rings (SSSR count). The second-order valence-electron chi connectivity index (χ2n) is 8.86. The highest BCUT2D eigenvalue weighted by Gasteiger charge is 2.71. The van der Waals surface area contributed by atoms with Gasteiger partial charge in [-0.3, -0.25) is 19.4 Å². The first-order valence-corrected chi connectivity index (χ1v) is 11.0. The number of amides is 2. The molecule has 6 heteroatoms. The number of imide groups is 1. The first kappa shape index (κ1) is 19.6. The fraction of sp³-hybridized carbons (Fsp3) is 0.185. The molecule has 6 nitrogen and oxygen atoms in total. The first-order chi connectivity index (χ1) is 16.0. The molecule has 3 aliphatic rings. The molecule has 3 aliphatic heterocycles. The number of carbonyl (C=O) groups is 3. The predicted octanol–water partition coefficient (Wildman–Crippen LogP) is 3.84. The average Bonchev–Trinajstić information content (AvgIpc) is 3.29. The fourth-order valence-corrected chi connectivity index (χ4v) is 5.68. The van der Waals surface area contributed by atoms with Crippen LogP contribution < -0.4 is 4.90 Å². The molecule has 0 saturated carbocycles. The summed E-state index contributed by atoms with van der Waals surface area (Å²) in [7, 11) is 0.